The number of amides is 2. The molecule has 2 heterocycles. The van der Waals surface area contributed by atoms with Crippen molar-refractivity contribution in [2.45, 2.75) is 56.8 Å². The van der Waals surface area contributed by atoms with Crippen molar-refractivity contribution in [1.82, 2.24) is 14.1 Å². The number of hydrogen-bond donors (Lipinski definition) is 1. The fraction of sp³-hybridized carbons (Fsp3) is 0.423. The predicted molar refractivity (Wildman–Crippen MR) is 137 cm³/mol. The van der Waals surface area contributed by atoms with Gasteiger partial charge in [0.05, 0.1) is 17.9 Å². The van der Waals surface area contributed by atoms with E-state index in [9.17, 15) is 27.9 Å². The number of hydrogen-bond acceptors (Lipinski definition) is 5. The lowest BCUT2D eigenvalue weighted by molar-refractivity contribution is -0.153. The molecule has 2 aromatic rings. The third-order valence-electron chi connectivity index (χ3n) is 6.67. The van der Waals surface area contributed by atoms with Crippen LogP contribution >= 0.6 is 11.6 Å². The van der Waals surface area contributed by atoms with Gasteiger partial charge in [-0.05, 0) is 42.7 Å². The van der Waals surface area contributed by atoms with Crippen molar-refractivity contribution in [3.8, 4) is 0 Å². The summed E-state index contributed by atoms with van der Waals surface area (Å²) >= 11 is 5.95. The first-order chi connectivity index (χ1) is 17.4. The molecule has 3 unspecified atom stereocenters. The second-order valence-electron chi connectivity index (χ2n) is 9.97. The zero-order chi connectivity index (χ0) is 27.1. The van der Waals surface area contributed by atoms with Gasteiger partial charge in [-0.15, -0.1) is 0 Å². The summed E-state index contributed by atoms with van der Waals surface area (Å²) in [4.78, 5) is 41.9. The minimum atomic E-state index is -4.31. The summed E-state index contributed by atoms with van der Waals surface area (Å²) in [6.07, 6.45) is -1.57. The number of aryl methyl sites for hydroxylation is 1. The molecule has 1 N–H and O–H groups in total. The van der Waals surface area contributed by atoms with E-state index in [-0.39, 0.29) is 29.7 Å². The summed E-state index contributed by atoms with van der Waals surface area (Å²) < 4.78 is 28.7. The molecule has 2 fully saturated rings. The van der Waals surface area contributed by atoms with Crippen molar-refractivity contribution in [3.63, 3.8) is 0 Å². The minimum Gasteiger partial charge on any atom is -0.481 e. The van der Waals surface area contributed by atoms with Crippen molar-refractivity contribution < 1.29 is 27.9 Å². The number of sulfonamides is 1. The molecular formula is C26H30ClN3O6S. The van der Waals surface area contributed by atoms with Gasteiger partial charge >= 0.3 is 5.97 Å². The fourth-order valence-corrected chi connectivity index (χ4v) is 6.88. The predicted octanol–water partition coefficient (Wildman–Crippen LogP) is 2.76. The minimum absolute atomic E-state index is 0.0455. The van der Waals surface area contributed by atoms with Crippen LogP contribution in [0.2, 0.25) is 5.02 Å². The normalized spacial score (nSPS) is 22.6. The van der Waals surface area contributed by atoms with E-state index in [4.69, 9.17) is 11.6 Å². The zero-order valence-electron chi connectivity index (χ0n) is 20.9. The number of carboxylic acid groups (broad SMARTS) is 1. The molecule has 2 amide bonds. The molecule has 0 aromatic heterocycles. The van der Waals surface area contributed by atoms with Gasteiger partial charge in [-0.25, -0.2) is 8.42 Å². The van der Waals surface area contributed by atoms with Crippen molar-refractivity contribution >= 4 is 39.4 Å². The van der Waals surface area contributed by atoms with Gasteiger partial charge in [0.15, 0.2) is 0 Å². The molecule has 2 aliphatic rings. The van der Waals surface area contributed by atoms with Crippen LogP contribution < -0.4 is 0 Å². The number of carbonyl (C=O) groups is 3. The van der Waals surface area contributed by atoms with Gasteiger partial charge in [-0.3, -0.25) is 14.4 Å². The van der Waals surface area contributed by atoms with Crippen molar-refractivity contribution in [2.75, 3.05) is 13.1 Å². The Labute approximate surface area is 221 Å². The van der Waals surface area contributed by atoms with Gasteiger partial charge in [0, 0.05) is 18.0 Å². The van der Waals surface area contributed by atoms with E-state index in [1.165, 1.54) is 29.2 Å². The van der Waals surface area contributed by atoms with Gasteiger partial charge < -0.3 is 14.9 Å². The lowest BCUT2D eigenvalue weighted by Gasteiger charge is -2.44. The average molecular weight is 548 g/mol. The van der Waals surface area contributed by atoms with Crippen LogP contribution in [0.1, 0.15) is 31.4 Å². The van der Waals surface area contributed by atoms with Crippen LogP contribution in [-0.4, -0.2) is 76.8 Å². The largest absolute Gasteiger partial charge is 0.481 e. The van der Waals surface area contributed by atoms with Crippen LogP contribution in [0.25, 0.3) is 0 Å². The number of carboxylic acids is 1. The molecule has 2 aliphatic heterocycles. The Bertz CT molecular complexity index is 1300. The Morgan fingerprint density at radius 2 is 1.65 bits per heavy atom. The van der Waals surface area contributed by atoms with Crippen molar-refractivity contribution in [1.29, 1.82) is 0 Å². The zero-order valence-corrected chi connectivity index (χ0v) is 22.4. The Kier molecular flexibility index (Phi) is 7.64. The van der Waals surface area contributed by atoms with E-state index in [0.29, 0.717) is 11.6 Å². The highest BCUT2D eigenvalue weighted by molar-refractivity contribution is 7.89. The van der Waals surface area contributed by atoms with E-state index in [0.717, 1.165) is 15.4 Å². The van der Waals surface area contributed by atoms with Gasteiger partial charge in [-0.2, -0.15) is 4.31 Å². The number of carbonyl (C=O) groups excluding carboxylic acids is 2. The number of benzene rings is 2. The molecule has 198 valence electrons. The molecule has 3 atom stereocenters. The van der Waals surface area contributed by atoms with E-state index in [1.54, 1.807) is 4.90 Å². The van der Waals surface area contributed by atoms with Gasteiger partial charge in [-0.1, -0.05) is 55.3 Å². The lowest BCUT2D eigenvalue weighted by Crippen LogP contribution is -2.64. The standard InChI is InChI=1S/C26H30ClN3O6S/c1-16(2)14-28-15-23-29(21(25(28)33)12-18-6-4-17(3)5-7-18)26(34)22(13-24(31)32)30(23)37(35,36)20-10-8-19(27)9-11-20/h4-11,16,21-23H,12-15H2,1-3H3,(H,31,32). The SMILES string of the molecule is Cc1ccc(CC2C(=O)N(CC(C)C)CC3N2C(=O)C(CC(=O)O)N3S(=O)(=O)c2ccc(Cl)cc2)cc1. The number of aliphatic carboxylic acids is 1. The van der Waals surface area contributed by atoms with Gasteiger partial charge in [0.2, 0.25) is 21.8 Å². The third kappa shape index (κ3) is 5.37. The summed E-state index contributed by atoms with van der Waals surface area (Å²) in [7, 11) is -4.31. The molecule has 9 nitrogen and oxygen atoms in total. The van der Waals surface area contributed by atoms with Gasteiger partial charge in [0.1, 0.15) is 18.2 Å². The Hall–Kier alpha value is -2.95. The first-order valence-electron chi connectivity index (χ1n) is 12.1. The molecule has 0 spiro atoms. The summed E-state index contributed by atoms with van der Waals surface area (Å²) in [5.74, 6) is -2.17. The average Bonchev–Trinajstić information content (AvgIpc) is 3.09. The summed E-state index contributed by atoms with van der Waals surface area (Å²) in [5, 5.41) is 9.92. The highest BCUT2D eigenvalue weighted by Crippen LogP contribution is 2.37. The summed E-state index contributed by atoms with van der Waals surface area (Å²) in [5.41, 5.74) is 1.85. The van der Waals surface area contributed by atoms with Crippen molar-refractivity contribution in [3.05, 3.63) is 64.7 Å². The maximum atomic E-state index is 13.9. The number of rotatable bonds is 8. The molecule has 11 heteroatoms. The van der Waals surface area contributed by atoms with Crippen LogP contribution in [0.3, 0.4) is 0 Å². The molecule has 2 saturated heterocycles. The summed E-state index contributed by atoms with van der Waals surface area (Å²) in [6, 6.07) is 10.6. The quantitative estimate of drug-likeness (QED) is 0.543. The monoisotopic (exact) mass is 547 g/mol. The van der Waals surface area contributed by atoms with Crippen LogP contribution in [0.15, 0.2) is 53.4 Å². The van der Waals surface area contributed by atoms with Crippen LogP contribution in [0.4, 0.5) is 0 Å². The Morgan fingerprint density at radius 3 is 2.22 bits per heavy atom. The molecule has 0 saturated carbocycles. The lowest BCUT2D eigenvalue weighted by atomic mass is 9.99. The maximum absolute atomic E-state index is 13.9. The molecule has 0 radical (unpaired) electrons. The molecule has 0 bridgehead atoms. The topological polar surface area (TPSA) is 115 Å². The Morgan fingerprint density at radius 1 is 1.03 bits per heavy atom. The molecular weight excluding hydrogens is 518 g/mol. The van der Waals surface area contributed by atoms with E-state index >= 15 is 0 Å². The first kappa shape index (κ1) is 27.1. The Balaban J connectivity index is 1.82. The highest BCUT2D eigenvalue weighted by atomic mass is 35.5. The fourth-order valence-electron chi connectivity index (χ4n) is 5.04. The second-order valence-corrected chi connectivity index (χ2v) is 12.3. The summed E-state index contributed by atoms with van der Waals surface area (Å²) in [6.45, 7) is 6.17. The van der Waals surface area contributed by atoms with Crippen LogP contribution in [-0.2, 0) is 30.8 Å². The smallest absolute Gasteiger partial charge is 0.305 e. The first-order valence-corrected chi connectivity index (χ1v) is 13.9. The number of fused-ring (bicyclic) bond motifs is 1. The van der Waals surface area contributed by atoms with Crippen LogP contribution in [0.5, 0.6) is 0 Å². The van der Waals surface area contributed by atoms with Gasteiger partial charge in [0.25, 0.3) is 0 Å². The number of halogens is 1. The van der Waals surface area contributed by atoms with Crippen molar-refractivity contribution in [2.24, 2.45) is 5.92 Å². The number of piperazine rings is 1. The van der Waals surface area contributed by atoms with E-state index in [2.05, 4.69) is 0 Å². The molecule has 37 heavy (non-hydrogen) atoms. The van der Waals surface area contributed by atoms with E-state index < -0.39 is 46.6 Å². The molecule has 0 aliphatic carbocycles. The third-order valence-corrected chi connectivity index (χ3v) is 8.84. The second kappa shape index (κ2) is 10.4. The molecule has 4 rings (SSSR count). The highest BCUT2D eigenvalue weighted by Gasteiger charge is 2.58. The van der Waals surface area contributed by atoms with Crippen LogP contribution in [0, 0.1) is 12.8 Å². The number of nitrogens with zero attached hydrogens (tertiary/aromatic N) is 3. The molecule has 2 aromatic carbocycles. The van der Waals surface area contributed by atoms with E-state index in [1.807, 2.05) is 45.0 Å². The maximum Gasteiger partial charge on any atom is 0.305 e.